The second-order valence-electron chi connectivity index (χ2n) is 8.95. The van der Waals surface area contributed by atoms with E-state index in [0.29, 0.717) is 11.1 Å². The second-order valence-corrected chi connectivity index (χ2v) is 12.2. The number of phenols is 2. The van der Waals surface area contributed by atoms with Crippen molar-refractivity contribution >= 4 is 53.5 Å². The number of sulfone groups is 1. The van der Waals surface area contributed by atoms with Crippen molar-refractivity contribution in [2.45, 2.75) is 9.79 Å². The Balaban J connectivity index is 1.56. The first kappa shape index (κ1) is 29.1. The van der Waals surface area contributed by atoms with Gasteiger partial charge in [-0.1, -0.05) is 49.0 Å². The minimum absolute atomic E-state index is 0.0493. The van der Waals surface area contributed by atoms with Crippen LogP contribution in [-0.4, -0.2) is 41.7 Å². The van der Waals surface area contributed by atoms with Gasteiger partial charge < -0.3 is 20.3 Å². The van der Waals surface area contributed by atoms with Crippen molar-refractivity contribution in [1.82, 2.24) is 4.98 Å². The van der Waals surface area contributed by atoms with E-state index in [9.17, 15) is 36.7 Å². The summed E-state index contributed by atoms with van der Waals surface area (Å²) in [7, 11) is -9.00. The monoisotopic (exact) mass is 619 g/mol. The molecule has 5 N–H and O–H groups in total. The van der Waals surface area contributed by atoms with E-state index in [1.165, 1.54) is 36.5 Å². The molecule has 1 aromatic heterocycles. The first-order chi connectivity index (χ1) is 20.4. The van der Waals surface area contributed by atoms with Gasteiger partial charge >= 0.3 is 0 Å². The third-order valence-corrected chi connectivity index (χ3v) is 8.49. The highest BCUT2D eigenvalue weighted by Gasteiger charge is 2.23. The molecule has 0 unspecified atom stereocenters. The van der Waals surface area contributed by atoms with Crippen LogP contribution in [0.25, 0.3) is 22.0 Å². The van der Waals surface area contributed by atoms with Crippen LogP contribution in [0.2, 0.25) is 0 Å². The molecule has 0 radical (unpaired) electrons. The average Bonchev–Trinajstić information content (AvgIpc) is 3.35. The van der Waals surface area contributed by atoms with Crippen molar-refractivity contribution in [1.29, 1.82) is 0 Å². The Labute approximate surface area is 244 Å². The normalized spacial score (nSPS) is 12.4. The lowest BCUT2D eigenvalue weighted by atomic mass is 10.1. The van der Waals surface area contributed by atoms with E-state index >= 15 is 0 Å². The van der Waals surface area contributed by atoms with Gasteiger partial charge in [0.05, 0.1) is 11.4 Å². The fourth-order valence-electron chi connectivity index (χ4n) is 4.12. The molecule has 0 spiro atoms. The predicted molar refractivity (Wildman–Crippen MR) is 157 cm³/mol. The Hall–Kier alpha value is -5.38. The standard InChI is InChI=1S/C28H21N5O8S2/c1-2-42(37,38)22-10-6-9-20(27(22)35)31-33-25-23(43(39,40)41)13-17-11-12-18(14-19(17)26(25)34)30-32-21-15-29-24(28(21)36)16-7-4-3-5-8-16/h2-15,29,34-36H,1H2,(H,39,40,41). The van der Waals surface area contributed by atoms with Gasteiger partial charge in [-0.25, -0.2) is 8.42 Å². The van der Waals surface area contributed by atoms with Crippen LogP contribution in [0.3, 0.4) is 0 Å². The summed E-state index contributed by atoms with van der Waals surface area (Å²) in [6, 6.07) is 17.9. The molecule has 0 aliphatic rings. The van der Waals surface area contributed by atoms with Gasteiger partial charge in [-0.3, -0.25) is 4.55 Å². The Morgan fingerprint density at radius 3 is 2.14 bits per heavy atom. The number of aromatic nitrogens is 1. The van der Waals surface area contributed by atoms with E-state index in [1.54, 1.807) is 12.1 Å². The fraction of sp³-hybridized carbons (Fsp3) is 0. The smallest absolute Gasteiger partial charge is 0.296 e. The Morgan fingerprint density at radius 2 is 1.44 bits per heavy atom. The Morgan fingerprint density at radius 1 is 0.721 bits per heavy atom. The first-order valence-electron chi connectivity index (χ1n) is 12.2. The minimum Gasteiger partial charge on any atom is -0.505 e. The van der Waals surface area contributed by atoms with E-state index in [2.05, 4.69) is 32.0 Å². The van der Waals surface area contributed by atoms with Gasteiger partial charge in [0.25, 0.3) is 10.1 Å². The van der Waals surface area contributed by atoms with Crippen molar-refractivity contribution < 1.29 is 36.7 Å². The summed E-state index contributed by atoms with van der Waals surface area (Å²) in [5.74, 6) is -1.63. The molecule has 5 aromatic rings. The number of fused-ring (bicyclic) bond motifs is 1. The van der Waals surface area contributed by atoms with Gasteiger partial charge in [0.15, 0.2) is 17.2 Å². The molecule has 1 heterocycles. The quantitative estimate of drug-likeness (QED) is 0.0902. The molecular weight excluding hydrogens is 598 g/mol. The van der Waals surface area contributed by atoms with E-state index in [4.69, 9.17) is 0 Å². The molecule has 0 atom stereocenters. The number of para-hydroxylation sites is 1. The number of phenolic OH excluding ortho intramolecular Hbond substituents is 2. The molecule has 0 fully saturated rings. The number of rotatable bonds is 8. The maximum atomic E-state index is 12.2. The number of hydrogen-bond acceptors (Lipinski definition) is 11. The summed E-state index contributed by atoms with van der Waals surface area (Å²) in [5.41, 5.74) is 0.462. The number of aromatic hydroxyl groups is 3. The summed E-state index contributed by atoms with van der Waals surface area (Å²) in [4.78, 5) is 1.62. The number of H-pyrrole nitrogens is 1. The van der Waals surface area contributed by atoms with Crippen LogP contribution in [0.5, 0.6) is 17.2 Å². The van der Waals surface area contributed by atoms with Crippen LogP contribution >= 0.6 is 0 Å². The maximum absolute atomic E-state index is 12.2. The Kier molecular flexibility index (Phi) is 7.54. The van der Waals surface area contributed by atoms with E-state index in [1.807, 2.05) is 18.2 Å². The van der Waals surface area contributed by atoms with Crippen molar-refractivity contribution in [2.75, 3.05) is 0 Å². The third-order valence-electron chi connectivity index (χ3n) is 6.24. The topological polar surface area (TPSA) is 214 Å². The largest absolute Gasteiger partial charge is 0.505 e. The van der Waals surface area contributed by atoms with Crippen LogP contribution in [0.15, 0.2) is 121 Å². The molecule has 4 aromatic carbocycles. The number of nitrogens with one attached hydrogen (secondary N) is 1. The lowest BCUT2D eigenvalue weighted by molar-refractivity contribution is 0.460. The summed E-state index contributed by atoms with van der Waals surface area (Å²) < 4.78 is 58.5. The maximum Gasteiger partial charge on any atom is 0.296 e. The zero-order valence-corrected chi connectivity index (χ0v) is 23.5. The molecule has 43 heavy (non-hydrogen) atoms. The molecule has 0 saturated carbocycles. The first-order valence-corrected chi connectivity index (χ1v) is 15.2. The number of hydrogen-bond donors (Lipinski definition) is 5. The van der Waals surface area contributed by atoms with Crippen LogP contribution < -0.4 is 0 Å². The zero-order valence-electron chi connectivity index (χ0n) is 21.8. The SMILES string of the molecule is C=CS(=O)(=O)c1cccc(N=Nc2c(S(=O)(=O)O)cc3ccc(N=Nc4c[nH]c(-c5ccccc5)c4O)cc3c2O)c1O. The van der Waals surface area contributed by atoms with Crippen molar-refractivity contribution in [3.8, 4) is 28.5 Å². The lowest BCUT2D eigenvalue weighted by Gasteiger charge is -2.09. The van der Waals surface area contributed by atoms with Gasteiger partial charge in [0, 0.05) is 22.6 Å². The van der Waals surface area contributed by atoms with Crippen molar-refractivity contribution in [3.63, 3.8) is 0 Å². The van der Waals surface area contributed by atoms with Crippen molar-refractivity contribution in [2.24, 2.45) is 20.5 Å². The molecular formula is C28H21N5O8S2. The molecule has 5 rings (SSSR count). The highest BCUT2D eigenvalue weighted by molar-refractivity contribution is 7.94. The zero-order chi connectivity index (χ0) is 30.9. The molecule has 0 bridgehead atoms. The third kappa shape index (κ3) is 5.72. The lowest BCUT2D eigenvalue weighted by Crippen LogP contribution is -1.99. The van der Waals surface area contributed by atoms with Crippen molar-refractivity contribution in [3.05, 3.63) is 91.0 Å². The van der Waals surface area contributed by atoms with Gasteiger partial charge in [0.1, 0.15) is 26.9 Å². The number of nitrogens with zero attached hydrogens (tertiary/aromatic N) is 4. The summed E-state index contributed by atoms with van der Waals surface area (Å²) in [6.07, 6.45) is 1.46. The second kappa shape index (κ2) is 11.1. The van der Waals surface area contributed by atoms with E-state index in [0.717, 1.165) is 17.7 Å². The van der Waals surface area contributed by atoms with Crippen LogP contribution in [-0.2, 0) is 20.0 Å². The molecule has 0 amide bonds. The van der Waals surface area contributed by atoms with Crippen LogP contribution in [0.4, 0.5) is 22.7 Å². The van der Waals surface area contributed by atoms with Gasteiger partial charge in [-0.2, -0.15) is 13.5 Å². The predicted octanol–water partition coefficient (Wildman–Crippen LogP) is 6.95. The Bertz CT molecular complexity index is 2180. The van der Waals surface area contributed by atoms with Gasteiger partial charge in [0.2, 0.25) is 9.84 Å². The molecule has 15 heteroatoms. The molecule has 0 aliphatic carbocycles. The summed E-state index contributed by atoms with van der Waals surface area (Å²) in [5, 5.41) is 48.5. The molecule has 13 nitrogen and oxygen atoms in total. The number of benzene rings is 4. The fourth-order valence-corrected chi connectivity index (χ4v) is 5.60. The number of aromatic amines is 1. The van der Waals surface area contributed by atoms with Gasteiger partial charge in [-0.15, -0.1) is 15.3 Å². The van der Waals surface area contributed by atoms with Gasteiger partial charge in [-0.05, 0) is 35.7 Å². The van der Waals surface area contributed by atoms with E-state index < -0.39 is 46.9 Å². The minimum atomic E-state index is -4.94. The molecule has 218 valence electrons. The highest BCUT2D eigenvalue weighted by atomic mass is 32.2. The average molecular weight is 620 g/mol. The summed E-state index contributed by atoms with van der Waals surface area (Å²) in [6.45, 7) is 3.20. The molecule has 0 saturated heterocycles. The summed E-state index contributed by atoms with van der Waals surface area (Å²) >= 11 is 0. The highest BCUT2D eigenvalue weighted by Crippen LogP contribution is 2.44. The van der Waals surface area contributed by atoms with E-state index in [-0.39, 0.29) is 33.6 Å². The van der Waals surface area contributed by atoms with Crippen LogP contribution in [0, 0.1) is 0 Å². The van der Waals surface area contributed by atoms with Crippen LogP contribution in [0.1, 0.15) is 0 Å². The number of azo groups is 2. The molecule has 0 aliphatic heterocycles.